The fraction of sp³-hybridized carbons (Fsp3) is 0.500. The Hall–Kier alpha value is -2.52. The molecule has 190 valence electrons. The van der Waals surface area contributed by atoms with E-state index >= 15 is 0 Å². The Kier molecular flexibility index (Phi) is 10.5. The van der Waals surface area contributed by atoms with Gasteiger partial charge in [-0.15, -0.1) is 0 Å². The number of aryl methyl sites for hydroxylation is 1. The molecule has 3 aromatic carbocycles. The lowest BCUT2D eigenvalue weighted by atomic mass is 9.77. The van der Waals surface area contributed by atoms with Gasteiger partial charge in [0.05, 0.1) is 0 Å². The maximum Gasteiger partial charge on any atom is 0.0255 e. The van der Waals surface area contributed by atoms with Crippen molar-refractivity contribution in [3.05, 3.63) is 82.9 Å². The average Bonchev–Trinajstić information content (AvgIpc) is 2.93. The first-order valence-electron chi connectivity index (χ1n) is 14.9. The number of rotatable bonds is 11. The molecule has 1 saturated carbocycles. The van der Waals surface area contributed by atoms with E-state index in [2.05, 4.69) is 86.4 Å². The minimum Gasteiger partial charge on any atom is -0.0654 e. The van der Waals surface area contributed by atoms with Crippen molar-refractivity contribution < 1.29 is 0 Å². The molecule has 0 spiro atoms. The quantitative estimate of drug-likeness (QED) is 0.190. The zero-order valence-corrected chi connectivity index (χ0v) is 22.8. The highest BCUT2D eigenvalue weighted by molar-refractivity contribution is 5.84. The molecule has 1 aliphatic rings. The van der Waals surface area contributed by atoms with Gasteiger partial charge in [-0.2, -0.15) is 0 Å². The SMILES string of the molecule is CCCCCCCC[C@H]1CC[C@H](c2ccc(C#Cc3ccc4cc(CCCC)ccc4c3)cc2)CC1. The summed E-state index contributed by atoms with van der Waals surface area (Å²) < 4.78 is 0. The summed E-state index contributed by atoms with van der Waals surface area (Å²) in [4.78, 5) is 0. The maximum absolute atomic E-state index is 3.39. The minimum atomic E-state index is 0.746. The number of benzene rings is 3. The van der Waals surface area contributed by atoms with Crippen molar-refractivity contribution in [3.63, 3.8) is 0 Å². The van der Waals surface area contributed by atoms with Gasteiger partial charge in [-0.3, -0.25) is 0 Å². The Morgan fingerprint density at radius 3 is 2.03 bits per heavy atom. The van der Waals surface area contributed by atoms with Gasteiger partial charge in [-0.25, -0.2) is 0 Å². The molecule has 0 N–H and O–H groups in total. The van der Waals surface area contributed by atoms with Gasteiger partial charge >= 0.3 is 0 Å². The smallest absolute Gasteiger partial charge is 0.0255 e. The summed E-state index contributed by atoms with van der Waals surface area (Å²) in [7, 11) is 0. The lowest BCUT2D eigenvalue weighted by Gasteiger charge is -2.29. The van der Waals surface area contributed by atoms with E-state index in [0.29, 0.717) is 0 Å². The lowest BCUT2D eigenvalue weighted by Crippen LogP contribution is -2.13. The summed E-state index contributed by atoms with van der Waals surface area (Å²) in [5.74, 6) is 8.51. The van der Waals surface area contributed by atoms with Gasteiger partial charge in [0, 0.05) is 11.1 Å². The molecule has 36 heavy (non-hydrogen) atoms. The molecule has 0 saturated heterocycles. The summed E-state index contributed by atoms with van der Waals surface area (Å²) >= 11 is 0. The Labute approximate surface area is 220 Å². The molecule has 3 aromatic rings. The van der Waals surface area contributed by atoms with Crippen LogP contribution in [0.4, 0.5) is 0 Å². The third-order valence-corrected chi connectivity index (χ3v) is 8.27. The minimum absolute atomic E-state index is 0.746. The molecule has 0 atom stereocenters. The summed E-state index contributed by atoms with van der Waals surface area (Å²) in [5.41, 5.74) is 5.17. The van der Waals surface area contributed by atoms with Gasteiger partial charge in [0.1, 0.15) is 0 Å². The van der Waals surface area contributed by atoms with Crippen molar-refractivity contribution in [2.24, 2.45) is 5.92 Å². The zero-order chi connectivity index (χ0) is 25.0. The lowest BCUT2D eigenvalue weighted by molar-refractivity contribution is 0.302. The molecule has 1 aliphatic carbocycles. The van der Waals surface area contributed by atoms with E-state index in [4.69, 9.17) is 0 Å². The van der Waals surface area contributed by atoms with Crippen LogP contribution in [0.5, 0.6) is 0 Å². The second-order valence-electron chi connectivity index (χ2n) is 11.1. The molecular formula is C36H46. The Morgan fingerprint density at radius 1 is 0.611 bits per heavy atom. The van der Waals surface area contributed by atoms with Gasteiger partial charge in [-0.05, 0) is 96.5 Å². The molecule has 0 radical (unpaired) electrons. The van der Waals surface area contributed by atoms with Gasteiger partial charge in [0.15, 0.2) is 0 Å². The molecule has 0 amide bonds. The van der Waals surface area contributed by atoms with Crippen LogP contribution in [0, 0.1) is 17.8 Å². The molecule has 0 unspecified atom stereocenters. The van der Waals surface area contributed by atoms with Crippen molar-refractivity contribution in [2.75, 3.05) is 0 Å². The molecule has 0 aliphatic heterocycles. The van der Waals surface area contributed by atoms with Crippen LogP contribution >= 0.6 is 0 Å². The van der Waals surface area contributed by atoms with Crippen LogP contribution in [-0.2, 0) is 6.42 Å². The third kappa shape index (κ3) is 8.00. The van der Waals surface area contributed by atoms with Gasteiger partial charge < -0.3 is 0 Å². The number of unbranched alkanes of at least 4 members (excludes halogenated alkanes) is 6. The molecule has 0 nitrogen and oxygen atoms in total. The standard InChI is InChI=1S/C36H46/c1-3-5-7-8-9-10-12-29-15-21-33(22-16-29)34-23-17-30(18-24-34)13-14-32-20-26-35-27-31(11-6-4-2)19-25-36(35)28-32/h17-20,23-29,33H,3-12,15-16,21-22H2,1-2H3/t29-,33-. The van der Waals surface area contributed by atoms with E-state index in [1.54, 1.807) is 0 Å². The van der Waals surface area contributed by atoms with Crippen LogP contribution in [0.25, 0.3) is 10.8 Å². The van der Waals surface area contributed by atoms with E-state index in [1.807, 2.05) is 0 Å². The fourth-order valence-electron chi connectivity index (χ4n) is 5.89. The second kappa shape index (κ2) is 14.3. The first kappa shape index (κ1) is 26.5. The molecule has 0 aromatic heterocycles. The number of hydrogen-bond acceptors (Lipinski definition) is 0. The van der Waals surface area contributed by atoms with E-state index in [1.165, 1.54) is 112 Å². The van der Waals surface area contributed by atoms with Crippen LogP contribution in [0.2, 0.25) is 0 Å². The molecule has 1 fully saturated rings. The highest BCUT2D eigenvalue weighted by Gasteiger charge is 2.21. The fourth-order valence-corrected chi connectivity index (χ4v) is 5.89. The van der Waals surface area contributed by atoms with Crippen LogP contribution in [0.3, 0.4) is 0 Å². The molecular weight excluding hydrogens is 432 g/mol. The second-order valence-corrected chi connectivity index (χ2v) is 11.1. The predicted octanol–water partition coefficient (Wildman–Crippen LogP) is 10.6. The largest absolute Gasteiger partial charge is 0.0654 e. The first-order valence-corrected chi connectivity index (χ1v) is 14.9. The topological polar surface area (TPSA) is 0 Å². The summed E-state index contributed by atoms with van der Waals surface area (Å²) in [6, 6.07) is 22.6. The Bertz CT molecular complexity index is 1120. The third-order valence-electron chi connectivity index (χ3n) is 8.27. The van der Waals surface area contributed by atoms with Gasteiger partial charge in [0.2, 0.25) is 0 Å². The van der Waals surface area contributed by atoms with Crippen molar-refractivity contribution in [2.45, 2.75) is 110 Å². The maximum atomic E-state index is 3.39. The van der Waals surface area contributed by atoms with Crippen LogP contribution in [0.15, 0.2) is 60.7 Å². The van der Waals surface area contributed by atoms with Crippen LogP contribution < -0.4 is 0 Å². The van der Waals surface area contributed by atoms with Crippen molar-refractivity contribution >= 4 is 10.8 Å². The Balaban J connectivity index is 1.26. The Morgan fingerprint density at radius 2 is 1.25 bits per heavy atom. The van der Waals surface area contributed by atoms with Crippen molar-refractivity contribution in [1.29, 1.82) is 0 Å². The van der Waals surface area contributed by atoms with Gasteiger partial charge in [-0.1, -0.05) is 113 Å². The molecule has 4 rings (SSSR count). The highest BCUT2D eigenvalue weighted by atomic mass is 14.3. The van der Waals surface area contributed by atoms with Crippen LogP contribution in [0.1, 0.15) is 125 Å². The van der Waals surface area contributed by atoms with E-state index < -0.39 is 0 Å². The average molecular weight is 479 g/mol. The highest BCUT2D eigenvalue weighted by Crippen LogP contribution is 2.37. The molecule has 0 heteroatoms. The number of fused-ring (bicyclic) bond motifs is 1. The zero-order valence-electron chi connectivity index (χ0n) is 22.8. The molecule has 0 bridgehead atoms. The van der Waals surface area contributed by atoms with E-state index in [9.17, 15) is 0 Å². The normalized spacial score (nSPS) is 17.6. The van der Waals surface area contributed by atoms with Crippen molar-refractivity contribution in [1.82, 2.24) is 0 Å². The van der Waals surface area contributed by atoms with E-state index in [0.717, 1.165) is 23.0 Å². The number of hydrogen-bond donors (Lipinski definition) is 0. The van der Waals surface area contributed by atoms with Gasteiger partial charge in [0.25, 0.3) is 0 Å². The van der Waals surface area contributed by atoms with Crippen LogP contribution in [-0.4, -0.2) is 0 Å². The van der Waals surface area contributed by atoms with Crippen molar-refractivity contribution in [3.8, 4) is 11.8 Å². The monoisotopic (exact) mass is 478 g/mol. The summed E-state index contributed by atoms with van der Waals surface area (Å²) in [5, 5.41) is 2.60. The predicted molar refractivity (Wildman–Crippen MR) is 158 cm³/mol. The van der Waals surface area contributed by atoms with E-state index in [-0.39, 0.29) is 0 Å². The summed E-state index contributed by atoms with van der Waals surface area (Å²) in [6.07, 6.45) is 19.2. The first-order chi connectivity index (χ1) is 17.7. The molecule has 0 heterocycles. The summed E-state index contributed by atoms with van der Waals surface area (Å²) in [6.45, 7) is 4.55.